The van der Waals surface area contributed by atoms with E-state index in [0.29, 0.717) is 0 Å². The molecule has 0 aliphatic heterocycles. The quantitative estimate of drug-likeness (QED) is 0.441. The summed E-state index contributed by atoms with van der Waals surface area (Å²) in [5.41, 5.74) is 0.269. The van der Waals surface area contributed by atoms with Gasteiger partial charge in [0.2, 0.25) is 0 Å². The number of hydrogen-bond acceptors (Lipinski definition) is 1. The molecule has 1 N–H and O–H groups in total. The molecule has 2 heteroatoms. The third kappa shape index (κ3) is 15.2. The number of rotatable bonds is 9. The number of hydrogen-bond donors (Lipinski definition) is 1. The molecule has 0 fully saturated rings. The molecule has 0 heterocycles. The highest BCUT2D eigenvalue weighted by Crippen LogP contribution is 2.07. The van der Waals surface area contributed by atoms with Crippen LogP contribution in [-0.2, 0) is 4.79 Å². The van der Waals surface area contributed by atoms with Gasteiger partial charge in [-0.1, -0.05) is 85.6 Å². The first-order chi connectivity index (χ1) is 8.47. The highest BCUT2D eigenvalue weighted by Gasteiger charge is 2.06. The summed E-state index contributed by atoms with van der Waals surface area (Å²) < 4.78 is 0. The molecule has 0 spiro atoms. The summed E-state index contributed by atoms with van der Waals surface area (Å²) in [4.78, 5) is 10.0. The summed E-state index contributed by atoms with van der Waals surface area (Å²) in [6, 6.07) is 0. The predicted octanol–water partition coefficient (Wildman–Crippen LogP) is 5.43. The van der Waals surface area contributed by atoms with Crippen molar-refractivity contribution in [3.05, 3.63) is 12.2 Å². The molecule has 0 amide bonds. The summed E-state index contributed by atoms with van der Waals surface area (Å²) in [6.45, 7) is 11.5. The molecule has 108 valence electrons. The van der Waals surface area contributed by atoms with E-state index in [1.165, 1.54) is 51.4 Å². The van der Waals surface area contributed by atoms with Gasteiger partial charge in [-0.2, -0.15) is 0 Å². The summed E-state index contributed by atoms with van der Waals surface area (Å²) in [5.74, 6) is -0.854. The van der Waals surface area contributed by atoms with Gasteiger partial charge in [0.05, 0.1) is 0 Å². The number of unbranched alkanes of at least 4 members (excludes halogenated alkanes) is 7. The van der Waals surface area contributed by atoms with Crippen molar-refractivity contribution in [2.45, 2.75) is 79.1 Å². The number of carboxylic acid groups (broad SMARTS) is 1. The van der Waals surface area contributed by atoms with Gasteiger partial charge in [-0.3, -0.25) is 0 Å². The monoisotopic (exact) mass is 256 g/mol. The topological polar surface area (TPSA) is 37.3 Å². The number of carbonyl (C=O) groups is 1. The molecule has 0 unspecified atom stereocenters. The zero-order chi connectivity index (χ0) is 14.4. The van der Waals surface area contributed by atoms with Crippen LogP contribution in [0.2, 0.25) is 0 Å². The summed E-state index contributed by atoms with van der Waals surface area (Å²) in [5, 5.41) is 8.25. The lowest BCUT2D eigenvalue weighted by atomic mass is 10.1. The first kappa shape index (κ1) is 19.5. The van der Waals surface area contributed by atoms with Crippen molar-refractivity contribution in [3.8, 4) is 0 Å². The van der Waals surface area contributed by atoms with Crippen molar-refractivity contribution in [2.75, 3.05) is 0 Å². The molecule has 0 aliphatic carbocycles. The molecular weight excluding hydrogens is 224 g/mol. The molecule has 0 aromatic rings. The van der Waals surface area contributed by atoms with Gasteiger partial charge < -0.3 is 5.11 Å². The number of carboxylic acids is 1. The van der Waals surface area contributed by atoms with E-state index in [-0.39, 0.29) is 11.5 Å². The van der Waals surface area contributed by atoms with Gasteiger partial charge in [0.15, 0.2) is 0 Å². The third-order valence-corrected chi connectivity index (χ3v) is 2.93. The molecule has 0 atom stereocenters. The minimum atomic E-state index is -0.903. The zero-order valence-electron chi connectivity index (χ0n) is 12.8. The Hall–Kier alpha value is -0.790. The normalized spacial score (nSPS) is 9.83. The Bertz CT molecular complexity index is 199. The standard InChI is InChI=1S/C10H22.C6H10O2/c1-3-5-7-9-10-8-6-4-2;1-4(2)5(3)6(7)8/h3-10H2,1-2H3;4H,3H2,1-2H3,(H,7,8). The van der Waals surface area contributed by atoms with Gasteiger partial charge in [-0.25, -0.2) is 4.79 Å². The summed E-state index contributed by atoms with van der Waals surface area (Å²) >= 11 is 0. The van der Waals surface area contributed by atoms with Crippen molar-refractivity contribution in [1.29, 1.82) is 0 Å². The predicted molar refractivity (Wildman–Crippen MR) is 79.9 cm³/mol. The molecule has 0 saturated heterocycles. The van der Waals surface area contributed by atoms with Crippen molar-refractivity contribution in [2.24, 2.45) is 5.92 Å². The Balaban J connectivity index is 0. The fourth-order valence-corrected chi connectivity index (χ4v) is 1.45. The molecule has 0 radical (unpaired) electrons. The van der Waals surface area contributed by atoms with Gasteiger partial charge in [0, 0.05) is 5.57 Å². The summed E-state index contributed by atoms with van der Waals surface area (Å²) in [6.07, 6.45) is 11.5. The van der Waals surface area contributed by atoms with Gasteiger partial charge in [-0.15, -0.1) is 0 Å². The van der Waals surface area contributed by atoms with E-state index < -0.39 is 5.97 Å². The van der Waals surface area contributed by atoms with Crippen LogP contribution in [0, 0.1) is 5.92 Å². The van der Waals surface area contributed by atoms with E-state index in [1.807, 2.05) is 0 Å². The molecule has 0 aliphatic rings. The van der Waals surface area contributed by atoms with Crippen LogP contribution in [0.15, 0.2) is 12.2 Å². The van der Waals surface area contributed by atoms with Crippen LogP contribution >= 0.6 is 0 Å². The molecule has 0 aromatic carbocycles. The van der Waals surface area contributed by atoms with Crippen LogP contribution in [0.25, 0.3) is 0 Å². The van der Waals surface area contributed by atoms with E-state index in [2.05, 4.69) is 20.4 Å². The van der Waals surface area contributed by atoms with E-state index in [1.54, 1.807) is 13.8 Å². The van der Waals surface area contributed by atoms with Crippen molar-refractivity contribution < 1.29 is 9.90 Å². The largest absolute Gasteiger partial charge is 0.478 e. The van der Waals surface area contributed by atoms with Crippen molar-refractivity contribution >= 4 is 5.97 Å². The maximum Gasteiger partial charge on any atom is 0.331 e. The second-order valence-corrected chi connectivity index (χ2v) is 5.11. The van der Waals surface area contributed by atoms with Crippen LogP contribution in [0.5, 0.6) is 0 Å². The maximum absolute atomic E-state index is 10.0. The Labute approximate surface area is 113 Å². The SMILES string of the molecule is C=C(C(=O)O)C(C)C.CCCCCCCCCC. The lowest BCUT2D eigenvalue weighted by molar-refractivity contribution is -0.133. The Morgan fingerprint density at radius 3 is 1.44 bits per heavy atom. The molecule has 0 saturated carbocycles. The average Bonchev–Trinajstić information content (AvgIpc) is 2.33. The Morgan fingerprint density at radius 1 is 0.944 bits per heavy atom. The van der Waals surface area contributed by atoms with E-state index in [0.717, 1.165) is 0 Å². The average molecular weight is 256 g/mol. The van der Waals surface area contributed by atoms with Crippen LogP contribution < -0.4 is 0 Å². The van der Waals surface area contributed by atoms with Crippen LogP contribution in [0.3, 0.4) is 0 Å². The van der Waals surface area contributed by atoms with Gasteiger partial charge >= 0.3 is 5.97 Å². The van der Waals surface area contributed by atoms with E-state index in [9.17, 15) is 4.79 Å². The smallest absolute Gasteiger partial charge is 0.331 e. The highest BCUT2D eigenvalue weighted by atomic mass is 16.4. The second-order valence-electron chi connectivity index (χ2n) is 5.11. The molecule has 18 heavy (non-hydrogen) atoms. The fourth-order valence-electron chi connectivity index (χ4n) is 1.45. The van der Waals surface area contributed by atoms with E-state index >= 15 is 0 Å². The Morgan fingerprint density at radius 2 is 1.28 bits per heavy atom. The zero-order valence-corrected chi connectivity index (χ0v) is 12.8. The minimum absolute atomic E-state index is 0.0486. The van der Waals surface area contributed by atoms with Crippen molar-refractivity contribution in [1.82, 2.24) is 0 Å². The molecule has 2 nitrogen and oxygen atoms in total. The highest BCUT2D eigenvalue weighted by molar-refractivity contribution is 5.86. The molecular formula is C16H32O2. The second kappa shape index (κ2) is 14.3. The molecule has 0 rings (SSSR count). The van der Waals surface area contributed by atoms with E-state index in [4.69, 9.17) is 5.11 Å². The third-order valence-electron chi connectivity index (χ3n) is 2.93. The molecule has 0 bridgehead atoms. The van der Waals surface area contributed by atoms with Crippen LogP contribution in [-0.4, -0.2) is 11.1 Å². The lowest BCUT2D eigenvalue weighted by Crippen LogP contribution is -2.04. The van der Waals surface area contributed by atoms with Crippen molar-refractivity contribution in [3.63, 3.8) is 0 Å². The maximum atomic E-state index is 10.0. The fraction of sp³-hybridized carbons (Fsp3) is 0.812. The number of aliphatic carboxylic acids is 1. The van der Waals surface area contributed by atoms with Crippen LogP contribution in [0.4, 0.5) is 0 Å². The van der Waals surface area contributed by atoms with Gasteiger partial charge in [0.25, 0.3) is 0 Å². The summed E-state index contributed by atoms with van der Waals surface area (Å²) in [7, 11) is 0. The van der Waals surface area contributed by atoms with Crippen LogP contribution in [0.1, 0.15) is 79.1 Å². The van der Waals surface area contributed by atoms with Gasteiger partial charge in [0.1, 0.15) is 0 Å². The Kier molecular flexibility index (Phi) is 15.5. The minimum Gasteiger partial charge on any atom is -0.478 e. The van der Waals surface area contributed by atoms with Gasteiger partial charge in [-0.05, 0) is 5.92 Å². The lowest BCUT2D eigenvalue weighted by Gasteiger charge is -2.00. The first-order valence-electron chi connectivity index (χ1n) is 7.39. The first-order valence-corrected chi connectivity index (χ1v) is 7.39. The molecule has 0 aromatic heterocycles.